The van der Waals surface area contributed by atoms with Gasteiger partial charge in [-0.15, -0.1) is 0 Å². The molecule has 1 aromatic carbocycles. The second-order valence-electron chi connectivity index (χ2n) is 6.66. The second-order valence-corrected chi connectivity index (χ2v) is 6.66. The molecule has 118 valence electrons. The third-order valence-electron chi connectivity index (χ3n) is 4.91. The van der Waals surface area contributed by atoms with Crippen molar-refractivity contribution in [3.63, 3.8) is 0 Å². The van der Waals surface area contributed by atoms with Gasteiger partial charge in [0.2, 0.25) is 0 Å². The van der Waals surface area contributed by atoms with E-state index in [1.165, 1.54) is 0 Å². The molecule has 1 amide bonds. The van der Waals surface area contributed by atoms with Gasteiger partial charge in [-0.05, 0) is 37.2 Å². The first-order valence-corrected chi connectivity index (χ1v) is 7.69. The molecule has 3 rings (SSSR count). The third kappa shape index (κ3) is 2.80. The fourth-order valence-electron chi connectivity index (χ4n) is 3.82. The Bertz CT molecular complexity index is 565. The molecule has 5 nitrogen and oxygen atoms in total. The highest BCUT2D eigenvalue weighted by molar-refractivity contribution is 5.72. The number of carboxylic acid groups (broad SMARTS) is 1. The predicted octanol–water partition coefficient (Wildman–Crippen LogP) is 2.90. The van der Waals surface area contributed by atoms with Gasteiger partial charge < -0.3 is 14.7 Å². The minimum absolute atomic E-state index is 0.00571. The Labute approximate surface area is 129 Å². The number of ether oxygens (including phenoxy) is 1. The topological polar surface area (TPSA) is 66.8 Å². The summed E-state index contributed by atoms with van der Waals surface area (Å²) in [4.78, 5) is 25.0. The minimum Gasteiger partial charge on any atom is -0.481 e. The first-order valence-electron chi connectivity index (χ1n) is 7.69. The van der Waals surface area contributed by atoms with Crippen LogP contribution in [-0.4, -0.2) is 34.7 Å². The first kappa shape index (κ1) is 14.9. The van der Waals surface area contributed by atoms with Crippen LogP contribution in [0.15, 0.2) is 30.3 Å². The molecule has 0 radical (unpaired) electrons. The van der Waals surface area contributed by atoms with Crippen molar-refractivity contribution in [2.75, 3.05) is 6.54 Å². The monoisotopic (exact) mass is 303 g/mol. The van der Waals surface area contributed by atoms with Crippen LogP contribution in [0.25, 0.3) is 0 Å². The summed E-state index contributed by atoms with van der Waals surface area (Å²) in [5.74, 6) is -0.962. The van der Waals surface area contributed by atoms with Crippen LogP contribution in [0.5, 0.6) is 0 Å². The van der Waals surface area contributed by atoms with E-state index >= 15 is 0 Å². The van der Waals surface area contributed by atoms with E-state index in [1.54, 1.807) is 4.90 Å². The van der Waals surface area contributed by atoms with Crippen LogP contribution in [0.2, 0.25) is 0 Å². The highest BCUT2D eigenvalue weighted by Gasteiger charge is 2.54. The minimum atomic E-state index is -0.719. The molecular formula is C17H21NO4. The van der Waals surface area contributed by atoms with Gasteiger partial charge in [0.25, 0.3) is 0 Å². The number of nitrogens with zero attached hydrogens (tertiary/aromatic N) is 1. The molecule has 0 aromatic heterocycles. The summed E-state index contributed by atoms with van der Waals surface area (Å²) in [6, 6.07) is 9.70. The van der Waals surface area contributed by atoms with Crippen molar-refractivity contribution in [1.29, 1.82) is 0 Å². The molecule has 1 unspecified atom stereocenters. The van der Waals surface area contributed by atoms with Gasteiger partial charge in [-0.2, -0.15) is 0 Å². The van der Waals surface area contributed by atoms with Gasteiger partial charge in [0.1, 0.15) is 6.61 Å². The zero-order valence-corrected chi connectivity index (χ0v) is 12.7. The highest BCUT2D eigenvalue weighted by Crippen LogP contribution is 2.53. The number of hydrogen-bond acceptors (Lipinski definition) is 3. The SMILES string of the molecule is CC1CC2(CC(C(=O)O)C2)CN1C(=O)OCc1ccccc1. The van der Waals surface area contributed by atoms with E-state index in [2.05, 4.69) is 0 Å². The molecule has 2 fully saturated rings. The summed E-state index contributed by atoms with van der Waals surface area (Å²) in [6.07, 6.45) is 1.92. The number of benzene rings is 1. The van der Waals surface area contributed by atoms with Gasteiger partial charge in [-0.25, -0.2) is 4.79 Å². The van der Waals surface area contributed by atoms with Crippen molar-refractivity contribution >= 4 is 12.1 Å². The Balaban J connectivity index is 1.54. The first-order chi connectivity index (χ1) is 10.5. The maximum atomic E-state index is 12.3. The molecule has 1 heterocycles. The molecule has 1 saturated carbocycles. The lowest BCUT2D eigenvalue weighted by Gasteiger charge is -2.42. The van der Waals surface area contributed by atoms with Crippen molar-refractivity contribution in [3.8, 4) is 0 Å². The van der Waals surface area contributed by atoms with Crippen LogP contribution in [-0.2, 0) is 16.1 Å². The number of hydrogen-bond donors (Lipinski definition) is 1. The summed E-state index contributed by atoms with van der Waals surface area (Å²) in [6.45, 7) is 2.89. The number of carbonyl (C=O) groups is 2. The van der Waals surface area contributed by atoms with Gasteiger partial charge in [0.05, 0.1) is 5.92 Å². The van der Waals surface area contributed by atoms with E-state index in [9.17, 15) is 9.59 Å². The molecule has 2 aliphatic rings. The number of likely N-dealkylation sites (tertiary alicyclic amines) is 1. The molecule has 1 spiro atoms. The third-order valence-corrected chi connectivity index (χ3v) is 4.91. The van der Waals surface area contributed by atoms with E-state index in [-0.39, 0.29) is 30.1 Å². The van der Waals surface area contributed by atoms with Gasteiger partial charge in [0, 0.05) is 12.6 Å². The van der Waals surface area contributed by atoms with Gasteiger partial charge >= 0.3 is 12.1 Å². The van der Waals surface area contributed by atoms with Crippen LogP contribution >= 0.6 is 0 Å². The quantitative estimate of drug-likeness (QED) is 0.932. The fraction of sp³-hybridized carbons (Fsp3) is 0.529. The molecule has 1 saturated heterocycles. The van der Waals surface area contributed by atoms with Crippen LogP contribution in [0, 0.1) is 11.3 Å². The lowest BCUT2D eigenvalue weighted by atomic mass is 9.61. The largest absolute Gasteiger partial charge is 0.481 e. The van der Waals surface area contributed by atoms with E-state index in [4.69, 9.17) is 9.84 Å². The molecule has 1 aromatic rings. The summed E-state index contributed by atoms with van der Waals surface area (Å²) in [7, 11) is 0. The van der Waals surface area contributed by atoms with Crippen molar-refractivity contribution in [1.82, 2.24) is 4.90 Å². The van der Waals surface area contributed by atoms with Crippen molar-refractivity contribution in [2.24, 2.45) is 11.3 Å². The average molecular weight is 303 g/mol. The summed E-state index contributed by atoms with van der Waals surface area (Å²) >= 11 is 0. The Morgan fingerprint density at radius 1 is 1.27 bits per heavy atom. The normalized spacial score (nSPS) is 30.1. The highest BCUT2D eigenvalue weighted by atomic mass is 16.6. The number of aliphatic carboxylic acids is 1. The lowest BCUT2D eigenvalue weighted by Crippen LogP contribution is -2.44. The number of carbonyl (C=O) groups excluding carboxylic acids is 1. The molecule has 22 heavy (non-hydrogen) atoms. The van der Waals surface area contributed by atoms with Crippen molar-refractivity contribution in [3.05, 3.63) is 35.9 Å². The second kappa shape index (κ2) is 5.63. The maximum absolute atomic E-state index is 12.3. The molecule has 1 atom stereocenters. The summed E-state index contributed by atoms with van der Waals surface area (Å²) in [5, 5.41) is 9.02. The van der Waals surface area contributed by atoms with Gasteiger partial charge in [-0.1, -0.05) is 30.3 Å². The standard InChI is InChI=1S/C17H21NO4/c1-12-7-17(8-14(9-17)15(19)20)11-18(12)16(21)22-10-13-5-3-2-4-6-13/h2-6,12,14H,7-11H2,1H3,(H,19,20). The maximum Gasteiger partial charge on any atom is 0.410 e. The molecule has 5 heteroatoms. The molecule has 0 bridgehead atoms. The average Bonchev–Trinajstić information content (AvgIpc) is 2.82. The summed E-state index contributed by atoms with van der Waals surface area (Å²) in [5.41, 5.74) is 0.959. The molecule has 1 aliphatic carbocycles. The van der Waals surface area contributed by atoms with Gasteiger partial charge in [-0.3, -0.25) is 4.79 Å². The van der Waals surface area contributed by atoms with Crippen LogP contribution in [0.3, 0.4) is 0 Å². The van der Waals surface area contributed by atoms with E-state index < -0.39 is 5.97 Å². The Morgan fingerprint density at radius 2 is 1.95 bits per heavy atom. The van der Waals surface area contributed by atoms with Gasteiger partial charge in [0.15, 0.2) is 0 Å². The zero-order chi connectivity index (χ0) is 15.7. The molecule has 1 N–H and O–H groups in total. The zero-order valence-electron chi connectivity index (χ0n) is 12.7. The fourth-order valence-corrected chi connectivity index (χ4v) is 3.82. The number of rotatable bonds is 3. The Morgan fingerprint density at radius 3 is 2.59 bits per heavy atom. The number of amides is 1. The lowest BCUT2D eigenvalue weighted by molar-refractivity contribution is -0.149. The van der Waals surface area contributed by atoms with Crippen LogP contribution < -0.4 is 0 Å². The van der Waals surface area contributed by atoms with E-state index in [0.29, 0.717) is 19.4 Å². The van der Waals surface area contributed by atoms with E-state index in [1.807, 2.05) is 37.3 Å². The molecule has 1 aliphatic heterocycles. The van der Waals surface area contributed by atoms with E-state index in [0.717, 1.165) is 12.0 Å². The Hall–Kier alpha value is -2.04. The molecular weight excluding hydrogens is 282 g/mol. The van der Waals surface area contributed by atoms with Crippen LogP contribution in [0.4, 0.5) is 4.79 Å². The summed E-state index contributed by atoms with van der Waals surface area (Å²) < 4.78 is 5.39. The predicted molar refractivity (Wildman–Crippen MR) is 80.2 cm³/mol. The Kier molecular flexibility index (Phi) is 3.81. The number of carboxylic acids is 1. The smallest absolute Gasteiger partial charge is 0.410 e. The van der Waals surface area contributed by atoms with Crippen molar-refractivity contribution in [2.45, 2.75) is 38.8 Å². The van der Waals surface area contributed by atoms with Crippen molar-refractivity contribution < 1.29 is 19.4 Å². The van der Waals surface area contributed by atoms with Crippen LogP contribution in [0.1, 0.15) is 31.7 Å².